The Bertz CT molecular complexity index is 662. The number of aliphatic imine (C=N–C) groups is 1. The number of halogens is 1. The quantitative estimate of drug-likeness (QED) is 0.837. The Hall–Kier alpha value is -1.65. The lowest BCUT2D eigenvalue weighted by Gasteiger charge is -2.10. The molecule has 1 aromatic carbocycles. The van der Waals surface area contributed by atoms with E-state index in [0.717, 1.165) is 15.6 Å². The van der Waals surface area contributed by atoms with E-state index in [1.165, 1.54) is 22.9 Å². The number of hydrogen-bond donors (Lipinski definition) is 1. The predicted octanol–water partition coefficient (Wildman–Crippen LogP) is 4.36. The van der Waals surface area contributed by atoms with Crippen LogP contribution in [0.3, 0.4) is 0 Å². The van der Waals surface area contributed by atoms with Gasteiger partial charge in [0.15, 0.2) is 5.17 Å². The van der Waals surface area contributed by atoms with E-state index < -0.39 is 0 Å². The summed E-state index contributed by atoms with van der Waals surface area (Å²) in [4.78, 5) is 6.86. The lowest BCUT2D eigenvalue weighted by molar-refractivity contribution is 0.325. The van der Waals surface area contributed by atoms with Crippen LogP contribution in [0.4, 0.5) is 0 Å². The number of thioether (sulfide) groups is 1. The zero-order valence-electron chi connectivity index (χ0n) is 11.2. The minimum atomic E-state index is 0. The Morgan fingerprint density at radius 2 is 1.95 bits per heavy atom. The zero-order chi connectivity index (χ0) is 13.4. The van der Waals surface area contributed by atoms with Crippen LogP contribution in [0, 0.1) is 13.8 Å². The molecule has 5 heteroatoms. The van der Waals surface area contributed by atoms with Crippen LogP contribution in [0.2, 0.25) is 0 Å². The molecule has 1 N–H and O–H groups in total. The monoisotopic (exact) mass is 306 g/mol. The summed E-state index contributed by atoms with van der Waals surface area (Å²) < 4.78 is 0. The van der Waals surface area contributed by atoms with Crippen LogP contribution < -0.4 is 0 Å². The van der Waals surface area contributed by atoms with Gasteiger partial charge in [-0.3, -0.25) is 4.90 Å². The van der Waals surface area contributed by atoms with Gasteiger partial charge in [-0.15, -0.1) is 12.4 Å². The molecule has 0 atom stereocenters. The summed E-state index contributed by atoms with van der Waals surface area (Å²) in [6, 6.07) is 6.21. The fourth-order valence-electron chi connectivity index (χ4n) is 1.97. The molecule has 3 nitrogen and oxygen atoms in total. The number of benzene rings is 1. The molecule has 20 heavy (non-hydrogen) atoms. The van der Waals surface area contributed by atoms with Crippen LogP contribution in [0.1, 0.15) is 16.7 Å². The third-order valence-electron chi connectivity index (χ3n) is 3.22. The van der Waals surface area contributed by atoms with E-state index in [4.69, 9.17) is 0 Å². The van der Waals surface area contributed by atoms with Crippen molar-refractivity contribution in [2.75, 3.05) is 0 Å². The standard InChI is InChI=1S/C15H14N2OS.ClH/c1-10-5-6-12(9-11(10)2)13-14(18)17-8-4-3-7-16-15(17)19-13;/h3-9,18H,1-2H3;1H. The third-order valence-corrected chi connectivity index (χ3v) is 4.32. The van der Waals surface area contributed by atoms with Crippen molar-refractivity contribution in [1.82, 2.24) is 4.90 Å². The average molecular weight is 307 g/mol. The second-order valence-electron chi connectivity index (χ2n) is 4.52. The van der Waals surface area contributed by atoms with Crippen LogP contribution in [0.15, 0.2) is 53.6 Å². The molecule has 0 aliphatic carbocycles. The Balaban J connectivity index is 0.00000147. The van der Waals surface area contributed by atoms with Gasteiger partial charge in [-0.05, 0) is 54.5 Å². The molecule has 2 aliphatic heterocycles. The van der Waals surface area contributed by atoms with E-state index in [0.29, 0.717) is 0 Å². The molecular formula is C15H15ClN2OS. The van der Waals surface area contributed by atoms with Crippen molar-refractivity contribution in [1.29, 1.82) is 0 Å². The van der Waals surface area contributed by atoms with E-state index in [2.05, 4.69) is 31.0 Å². The summed E-state index contributed by atoms with van der Waals surface area (Å²) in [6.45, 7) is 4.16. The summed E-state index contributed by atoms with van der Waals surface area (Å²) in [5.41, 5.74) is 3.50. The second-order valence-corrected chi connectivity index (χ2v) is 5.50. The fraction of sp³-hybridized carbons (Fsp3) is 0.133. The SMILES string of the molecule is Cc1ccc(C2=C(O)N3C=CC=CN=C3S2)cc1C.Cl. The molecule has 0 unspecified atom stereocenters. The molecule has 0 fully saturated rings. The van der Waals surface area contributed by atoms with Crippen molar-refractivity contribution in [2.24, 2.45) is 4.99 Å². The molecule has 0 saturated heterocycles. The van der Waals surface area contributed by atoms with Crippen molar-refractivity contribution in [3.05, 3.63) is 65.3 Å². The average Bonchev–Trinajstić information content (AvgIpc) is 2.59. The fourth-order valence-corrected chi connectivity index (χ4v) is 2.95. The number of fused-ring (bicyclic) bond motifs is 1. The molecular weight excluding hydrogens is 292 g/mol. The summed E-state index contributed by atoms with van der Waals surface area (Å²) in [5.74, 6) is 0.243. The largest absolute Gasteiger partial charge is 0.493 e. The van der Waals surface area contributed by atoms with Crippen molar-refractivity contribution >= 4 is 34.2 Å². The van der Waals surface area contributed by atoms with Gasteiger partial charge in [0.25, 0.3) is 0 Å². The van der Waals surface area contributed by atoms with Crippen molar-refractivity contribution < 1.29 is 5.11 Å². The van der Waals surface area contributed by atoms with E-state index in [1.807, 2.05) is 24.4 Å². The normalized spacial score (nSPS) is 16.7. The van der Waals surface area contributed by atoms with E-state index in [-0.39, 0.29) is 18.3 Å². The number of aryl methyl sites for hydroxylation is 2. The molecule has 0 aromatic heterocycles. The molecule has 0 spiro atoms. The minimum absolute atomic E-state index is 0. The topological polar surface area (TPSA) is 35.8 Å². The summed E-state index contributed by atoms with van der Waals surface area (Å²) >= 11 is 1.49. The Labute approximate surface area is 128 Å². The first-order chi connectivity index (χ1) is 9.16. The smallest absolute Gasteiger partial charge is 0.212 e. The van der Waals surface area contributed by atoms with Gasteiger partial charge in [0, 0.05) is 12.4 Å². The molecule has 0 bridgehead atoms. The lowest BCUT2D eigenvalue weighted by atomic mass is 10.1. The van der Waals surface area contributed by atoms with Gasteiger partial charge in [-0.2, -0.15) is 0 Å². The lowest BCUT2D eigenvalue weighted by Crippen LogP contribution is -2.16. The maximum Gasteiger partial charge on any atom is 0.212 e. The first kappa shape index (κ1) is 14.8. The van der Waals surface area contributed by atoms with E-state index in [9.17, 15) is 5.11 Å². The maximum atomic E-state index is 10.3. The second kappa shape index (κ2) is 5.77. The Kier molecular flexibility index (Phi) is 4.26. The number of rotatable bonds is 1. The molecule has 104 valence electrons. The molecule has 1 aromatic rings. The van der Waals surface area contributed by atoms with Crippen molar-refractivity contribution in [3.63, 3.8) is 0 Å². The highest BCUT2D eigenvalue weighted by Gasteiger charge is 2.29. The molecule has 0 radical (unpaired) electrons. The van der Waals surface area contributed by atoms with Crippen LogP contribution in [0.25, 0.3) is 4.91 Å². The highest BCUT2D eigenvalue weighted by Crippen LogP contribution is 2.41. The molecule has 2 heterocycles. The highest BCUT2D eigenvalue weighted by atomic mass is 35.5. The van der Waals surface area contributed by atoms with E-state index in [1.54, 1.807) is 11.1 Å². The number of aliphatic hydroxyl groups is 1. The summed E-state index contributed by atoms with van der Waals surface area (Å²) in [6.07, 6.45) is 7.25. The van der Waals surface area contributed by atoms with Gasteiger partial charge in [-0.25, -0.2) is 4.99 Å². The van der Waals surface area contributed by atoms with Gasteiger partial charge in [0.05, 0.1) is 4.91 Å². The van der Waals surface area contributed by atoms with Gasteiger partial charge < -0.3 is 5.11 Å². The van der Waals surface area contributed by atoms with E-state index >= 15 is 0 Å². The Morgan fingerprint density at radius 1 is 1.15 bits per heavy atom. The zero-order valence-corrected chi connectivity index (χ0v) is 12.8. The number of hydrogen-bond acceptors (Lipinski definition) is 4. The molecule has 3 rings (SSSR count). The first-order valence-corrected chi connectivity index (χ1v) is 6.87. The van der Waals surface area contributed by atoms with Crippen molar-refractivity contribution in [3.8, 4) is 0 Å². The molecule has 2 aliphatic rings. The molecule has 0 amide bonds. The van der Waals surface area contributed by atoms with Crippen molar-refractivity contribution in [2.45, 2.75) is 13.8 Å². The van der Waals surface area contributed by atoms with Gasteiger partial charge in [0.1, 0.15) is 0 Å². The van der Waals surface area contributed by atoms with Crippen LogP contribution >= 0.6 is 24.2 Å². The summed E-state index contributed by atoms with van der Waals surface area (Å²) in [5, 5.41) is 11.1. The predicted molar refractivity (Wildman–Crippen MR) is 87.9 cm³/mol. The number of allylic oxidation sites excluding steroid dienone is 2. The van der Waals surface area contributed by atoms with Gasteiger partial charge in [0.2, 0.25) is 5.88 Å². The number of aliphatic hydroxyl groups excluding tert-OH is 1. The maximum absolute atomic E-state index is 10.3. The number of amidine groups is 1. The summed E-state index contributed by atoms with van der Waals surface area (Å²) in [7, 11) is 0. The van der Waals surface area contributed by atoms with Crippen LogP contribution in [0.5, 0.6) is 0 Å². The molecule has 0 saturated carbocycles. The van der Waals surface area contributed by atoms with Crippen LogP contribution in [-0.4, -0.2) is 15.2 Å². The third kappa shape index (κ3) is 2.49. The minimum Gasteiger partial charge on any atom is -0.493 e. The Morgan fingerprint density at radius 3 is 2.70 bits per heavy atom. The first-order valence-electron chi connectivity index (χ1n) is 6.06. The van der Waals surface area contributed by atoms with Gasteiger partial charge in [-0.1, -0.05) is 18.2 Å². The number of nitrogens with zero attached hydrogens (tertiary/aromatic N) is 2. The van der Waals surface area contributed by atoms with Crippen LogP contribution in [-0.2, 0) is 0 Å². The van der Waals surface area contributed by atoms with Gasteiger partial charge >= 0.3 is 0 Å². The highest BCUT2D eigenvalue weighted by molar-refractivity contribution is 8.22.